The molecular formula is C13H23N3O. The fraction of sp³-hybridized carbons (Fsp3) is 0.615. The summed E-state index contributed by atoms with van der Waals surface area (Å²) in [6.07, 6.45) is 1.82. The maximum atomic E-state index is 8.85. The maximum absolute atomic E-state index is 8.85. The van der Waals surface area contributed by atoms with Crippen LogP contribution in [0.2, 0.25) is 0 Å². The van der Waals surface area contributed by atoms with E-state index in [0.29, 0.717) is 6.54 Å². The Morgan fingerprint density at radius 2 is 2.06 bits per heavy atom. The number of nitrogens with zero attached hydrogens (tertiary/aromatic N) is 2. The Morgan fingerprint density at radius 1 is 1.35 bits per heavy atom. The summed E-state index contributed by atoms with van der Waals surface area (Å²) < 4.78 is 0. The first-order valence-electron chi connectivity index (χ1n) is 5.94. The Morgan fingerprint density at radius 3 is 2.53 bits per heavy atom. The van der Waals surface area contributed by atoms with Crippen LogP contribution in [0, 0.1) is 5.41 Å². The van der Waals surface area contributed by atoms with Gasteiger partial charge in [-0.25, -0.2) is 4.98 Å². The summed E-state index contributed by atoms with van der Waals surface area (Å²) in [5.41, 5.74) is 1.26. The number of hydrogen-bond donors (Lipinski definition) is 2. The molecule has 0 amide bonds. The number of aromatic nitrogens is 1. The molecule has 0 fully saturated rings. The number of aliphatic hydroxyl groups excluding tert-OH is 1. The second-order valence-corrected chi connectivity index (χ2v) is 5.46. The van der Waals surface area contributed by atoms with Gasteiger partial charge in [-0.2, -0.15) is 0 Å². The molecule has 1 aromatic heterocycles. The van der Waals surface area contributed by atoms with Crippen LogP contribution in [0.5, 0.6) is 0 Å². The summed E-state index contributed by atoms with van der Waals surface area (Å²) in [4.78, 5) is 6.32. The quantitative estimate of drug-likeness (QED) is 0.822. The number of anilines is 2. The molecule has 2 N–H and O–H groups in total. The van der Waals surface area contributed by atoms with Crippen molar-refractivity contribution in [2.75, 3.05) is 37.0 Å². The zero-order chi connectivity index (χ0) is 12.9. The first-order valence-corrected chi connectivity index (χ1v) is 5.94. The second-order valence-electron chi connectivity index (χ2n) is 5.46. The molecule has 0 aliphatic rings. The highest BCUT2D eigenvalue weighted by Crippen LogP contribution is 2.16. The van der Waals surface area contributed by atoms with Crippen molar-refractivity contribution in [1.29, 1.82) is 0 Å². The van der Waals surface area contributed by atoms with E-state index in [2.05, 4.69) is 31.1 Å². The van der Waals surface area contributed by atoms with Gasteiger partial charge in [0.15, 0.2) is 0 Å². The minimum Gasteiger partial charge on any atom is -0.395 e. The topological polar surface area (TPSA) is 48.4 Å². The third kappa shape index (κ3) is 5.04. The van der Waals surface area contributed by atoms with E-state index in [1.54, 1.807) is 0 Å². The summed E-state index contributed by atoms with van der Waals surface area (Å²) in [6, 6.07) is 3.97. The molecule has 0 aliphatic heterocycles. The Balaban J connectivity index is 2.56. The molecule has 0 unspecified atom stereocenters. The fourth-order valence-corrected chi connectivity index (χ4v) is 1.35. The number of aliphatic hydroxyl groups is 1. The lowest BCUT2D eigenvalue weighted by atomic mass is 9.97. The number of nitrogens with one attached hydrogen (secondary N) is 1. The molecule has 0 saturated carbocycles. The van der Waals surface area contributed by atoms with E-state index in [1.165, 1.54) is 0 Å². The average molecular weight is 237 g/mol. The van der Waals surface area contributed by atoms with Crippen molar-refractivity contribution in [3.05, 3.63) is 18.3 Å². The molecule has 4 nitrogen and oxygen atoms in total. The van der Waals surface area contributed by atoms with E-state index in [4.69, 9.17) is 5.11 Å². The largest absolute Gasteiger partial charge is 0.395 e. The fourth-order valence-electron chi connectivity index (χ4n) is 1.35. The molecule has 0 saturated heterocycles. The smallest absolute Gasteiger partial charge is 0.126 e. The number of hydrogen-bond acceptors (Lipinski definition) is 4. The van der Waals surface area contributed by atoms with E-state index < -0.39 is 0 Å². The Kier molecular flexibility index (Phi) is 4.75. The van der Waals surface area contributed by atoms with Gasteiger partial charge in [0, 0.05) is 20.1 Å². The van der Waals surface area contributed by atoms with Gasteiger partial charge in [-0.1, -0.05) is 20.8 Å². The zero-order valence-corrected chi connectivity index (χ0v) is 11.2. The van der Waals surface area contributed by atoms with Gasteiger partial charge >= 0.3 is 0 Å². The van der Waals surface area contributed by atoms with Gasteiger partial charge in [0.05, 0.1) is 18.5 Å². The number of rotatable bonds is 5. The number of pyridine rings is 1. The van der Waals surface area contributed by atoms with Crippen LogP contribution >= 0.6 is 0 Å². The van der Waals surface area contributed by atoms with Crippen LogP contribution in [-0.4, -0.2) is 36.8 Å². The second kappa shape index (κ2) is 5.87. The van der Waals surface area contributed by atoms with Crippen molar-refractivity contribution >= 4 is 11.5 Å². The van der Waals surface area contributed by atoms with Gasteiger partial charge in [-0.3, -0.25) is 0 Å². The SMILES string of the molecule is CN(CCO)c1ccc(NCC(C)(C)C)nc1. The summed E-state index contributed by atoms with van der Waals surface area (Å²) >= 11 is 0. The molecule has 0 radical (unpaired) electrons. The van der Waals surface area contributed by atoms with Crippen LogP contribution in [0.25, 0.3) is 0 Å². The highest BCUT2D eigenvalue weighted by atomic mass is 16.3. The summed E-state index contributed by atoms with van der Waals surface area (Å²) in [7, 11) is 1.94. The first-order chi connectivity index (χ1) is 7.92. The predicted molar refractivity (Wildman–Crippen MR) is 72.5 cm³/mol. The molecule has 17 heavy (non-hydrogen) atoms. The monoisotopic (exact) mass is 237 g/mol. The Bertz CT molecular complexity index is 330. The van der Waals surface area contributed by atoms with Crippen molar-refractivity contribution in [1.82, 2.24) is 4.98 Å². The minimum absolute atomic E-state index is 0.153. The van der Waals surface area contributed by atoms with Crippen molar-refractivity contribution in [3.8, 4) is 0 Å². The molecule has 0 atom stereocenters. The molecule has 4 heteroatoms. The van der Waals surface area contributed by atoms with E-state index in [1.807, 2.05) is 30.3 Å². The summed E-state index contributed by atoms with van der Waals surface area (Å²) in [5, 5.41) is 12.2. The minimum atomic E-state index is 0.153. The molecular weight excluding hydrogens is 214 g/mol. The molecule has 0 bridgehead atoms. The van der Waals surface area contributed by atoms with Gasteiger partial charge in [0.1, 0.15) is 5.82 Å². The van der Waals surface area contributed by atoms with Crippen LogP contribution in [0.4, 0.5) is 11.5 Å². The lowest BCUT2D eigenvalue weighted by Crippen LogP contribution is -2.22. The molecule has 96 valence electrons. The maximum Gasteiger partial charge on any atom is 0.126 e. The van der Waals surface area contributed by atoms with Crippen molar-refractivity contribution in [3.63, 3.8) is 0 Å². The third-order valence-electron chi connectivity index (χ3n) is 2.42. The van der Waals surface area contributed by atoms with Gasteiger partial charge in [-0.05, 0) is 17.5 Å². The van der Waals surface area contributed by atoms with Crippen LogP contribution in [0.1, 0.15) is 20.8 Å². The van der Waals surface area contributed by atoms with Gasteiger partial charge in [0.2, 0.25) is 0 Å². The van der Waals surface area contributed by atoms with E-state index in [9.17, 15) is 0 Å². The van der Waals surface area contributed by atoms with Crippen molar-refractivity contribution < 1.29 is 5.11 Å². The zero-order valence-electron chi connectivity index (χ0n) is 11.2. The van der Waals surface area contributed by atoms with E-state index >= 15 is 0 Å². The highest BCUT2D eigenvalue weighted by molar-refractivity contribution is 5.48. The van der Waals surface area contributed by atoms with Crippen molar-refractivity contribution in [2.24, 2.45) is 5.41 Å². The van der Waals surface area contributed by atoms with Gasteiger partial charge in [-0.15, -0.1) is 0 Å². The highest BCUT2D eigenvalue weighted by Gasteiger charge is 2.09. The molecule has 1 aromatic rings. The van der Waals surface area contributed by atoms with Crippen LogP contribution in [-0.2, 0) is 0 Å². The lowest BCUT2D eigenvalue weighted by molar-refractivity contribution is 0.304. The lowest BCUT2D eigenvalue weighted by Gasteiger charge is -2.20. The molecule has 1 rings (SSSR count). The summed E-state index contributed by atoms with van der Waals surface area (Å²) in [5.74, 6) is 0.890. The predicted octanol–water partition coefficient (Wildman–Crippen LogP) is 1.97. The van der Waals surface area contributed by atoms with Crippen molar-refractivity contribution in [2.45, 2.75) is 20.8 Å². The molecule has 0 aliphatic carbocycles. The van der Waals surface area contributed by atoms with E-state index in [-0.39, 0.29) is 12.0 Å². The normalized spacial score (nSPS) is 11.4. The third-order valence-corrected chi connectivity index (χ3v) is 2.42. The van der Waals surface area contributed by atoms with Crippen LogP contribution in [0.3, 0.4) is 0 Å². The Labute approximate surface area is 104 Å². The van der Waals surface area contributed by atoms with Crippen LogP contribution < -0.4 is 10.2 Å². The Hall–Kier alpha value is -1.29. The first kappa shape index (κ1) is 13.8. The van der Waals surface area contributed by atoms with Gasteiger partial charge < -0.3 is 15.3 Å². The molecule has 0 spiro atoms. The molecule has 1 heterocycles. The molecule has 0 aromatic carbocycles. The average Bonchev–Trinajstić information content (AvgIpc) is 2.26. The number of likely N-dealkylation sites (N-methyl/N-ethyl adjacent to an activating group) is 1. The van der Waals surface area contributed by atoms with Crippen LogP contribution in [0.15, 0.2) is 18.3 Å². The summed E-state index contributed by atoms with van der Waals surface area (Å²) in [6.45, 7) is 8.22. The van der Waals surface area contributed by atoms with E-state index in [0.717, 1.165) is 18.1 Å². The van der Waals surface area contributed by atoms with Gasteiger partial charge in [0.25, 0.3) is 0 Å². The standard InChI is InChI=1S/C13H23N3O/c1-13(2,3)10-15-12-6-5-11(9-14-12)16(4)7-8-17/h5-6,9,17H,7-8,10H2,1-4H3,(H,14,15).